The summed E-state index contributed by atoms with van der Waals surface area (Å²) in [6.45, 7) is 3.80. The molecule has 0 aromatic rings. The van der Waals surface area contributed by atoms with Crippen molar-refractivity contribution >= 4 is 5.91 Å². The van der Waals surface area contributed by atoms with E-state index in [1.54, 1.807) is 0 Å². The molecule has 1 aliphatic rings. The minimum atomic E-state index is -1.55. The summed E-state index contributed by atoms with van der Waals surface area (Å²) in [7, 11) is 0. The minimum Gasteiger partial charge on any atom is -0.394 e. The first-order chi connectivity index (χ1) is 22.8. The Hall–Kier alpha value is -0.810. The number of nitrogens with one attached hydrogen (secondary N) is 1. The third kappa shape index (κ3) is 21.8. The van der Waals surface area contributed by atoms with E-state index < -0.39 is 49.5 Å². The van der Waals surface area contributed by atoms with E-state index in [4.69, 9.17) is 9.47 Å². The lowest BCUT2D eigenvalue weighted by molar-refractivity contribution is -0.302. The van der Waals surface area contributed by atoms with Crippen LogP contribution in [0.15, 0.2) is 0 Å². The quantitative estimate of drug-likeness (QED) is 0.0426. The molecule has 1 saturated heterocycles. The van der Waals surface area contributed by atoms with Gasteiger partial charge in [0.05, 0.1) is 25.4 Å². The zero-order valence-electron chi connectivity index (χ0n) is 30.3. The van der Waals surface area contributed by atoms with E-state index in [-0.39, 0.29) is 12.5 Å². The zero-order chi connectivity index (χ0) is 34.5. The van der Waals surface area contributed by atoms with Gasteiger partial charge in [0.25, 0.3) is 0 Å². The highest BCUT2D eigenvalue weighted by Gasteiger charge is 2.44. The second kappa shape index (κ2) is 30.1. The normalized spacial score (nSPS) is 22.7. The van der Waals surface area contributed by atoms with Gasteiger partial charge in [-0.15, -0.1) is 0 Å². The molecule has 6 N–H and O–H groups in total. The van der Waals surface area contributed by atoms with Crippen molar-refractivity contribution in [2.24, 2.45) is 0 Å². The molecule has 280 valence electrons. The van der Waals surface area contributed by atoms with Gasteiger partial charge in [0, 0.05) is 6.42 Å². The van der Waals surface area contributed by atoms with Gasteiger partial charge < -0.3 is 40.3 Å². The number of ether oxygens (including phenoxy) is 2. The molecule has 1 amide bonds. The van der Waals surface area contributed by atoms with Gasteiger partial charge in [-0.3, -0.25) is 4.79 Å². The van der Waals surface area contributed by atoms with Gasteiger partial charge in [-0.05, 0) is 12.8 Å². The molecular formula is C38H75NO8. The molecule has 9 heteroatoms. The molecule has 7 atom stereocenters. The Morgan fingerprint density at radius 2 is 1.06 bits per heavy atom. The maximum Gasteiger partial charge on any atom is 0.220 e. The van der Waals surface area contributed by atoms with E-state index in [2.05, 4.69) is 19.2 Å². The van der Waals surface area contributed by atoms with Crippen molar-refractivity contribution in [3.05, 3.63) is 0 Å². The van der Waals surface area contributed by atoms with Crippen molar-refractivity contribution in [3.8, 4) is 0 Å². The molecule has 0 aromatic carbocycles. The number of aliphatic hydroxyl groups excluding tert-OH is 5. The standard InChI is InChI=1S/C38H75NO8/c1-3-5-7-9-11-13-14-15-16-17-18-20-21-23-25-27-32(41)31(30-46-38-37(45)36(44)35(43)33(29-40)47-38)39-34(42)28-26-24-22-19-12-10-8-6-4-2/h31-33,35-38,40-41,43-45H,3-30H2,1-2H3,(H,39,42)/t31-,32+,33+,35-,36?,37?,38+/m0/s1. The molecule has 1 heterocycles. The van der Waals surface area contributed by atoms with Crippen molar-refractivity contribution in [2.45, 2.75) is 224 Å². The number of aliphatic hydroxyl groups is 5. The van der Waals surface area contributed by atoms with Crippen LogP contribution in [0.3, 0.4) is 0 Å². The summed E-state index contributed by atoms with van der Waals surface area (Å²) >= 11 is 0. The molecule has 1 aliphatic heterocycles. The molecular weight excluding hydrogens is 598 g/mol. The summed E-state index contributed by atoms with van der Waals surface area (Å²) in [5.74, 6) is -0.147. The van der Waals surface area contributed by atoms with E-state index in [1.165, 1.54) is 116 Å². The third-order valence-electron chi connectivity index (χ3n) is 9.71. The predicted molar refractivity (Wildman–Crippen MR) is 189 cm³/mol. The van der Waals surface area contributed by atoms with E-state index in [1.807, 2.05) is 0 Å². The highest BCUT2D eigenvalue weighted by atomic mass is 16.7. The van der Waals surface area contributed by atoms with Gasteiger partial charge in [0.2, 0.25) is 5.91 Å². The van der Waals surface area contributed by atoms with Crippen LogP contribution in [-0.2, 0) is 14.3 Å². The molecule has 1 rings (SSSR count). The highest BCUT2D eigenvalue weighted by molar-refractivity contribution is 5.76. The Morgan fingerprint density at radius 3 is 1.51 bits per heavy atom. The Kier molecular flexibility index (Phi) is 28.3. The van der Waals surface area contributed by atoms with E-state index in [0.717, 1.165) is 38.5 Å². The summed E-state index contributed by atoms with van der Waals surface area (Å²) in [6, 6.07) is -0.708. The summed E-state index contributed by atoms with van der Waals surface area (Å²) in [5.41, 5.74) is 0. The molecule has 0 radical (unpaired) electrons. The van der Waals surface area contributed by atoms with Gasteiger partial charge in [-0.2, -0.15) is 0 Å². The number of hydrogen-bond acceptors (Lipinski definition) is 8. The fraction of sp³-hybridized carbons (Fsp3) is 0.974. The van der Waals surface area contributed by atoms with Crippen LogP contribution in [0, 0.1) is 0 Å². The summed E-state index contributed by atoms with van der Waals surface area (Å²) in [6.07, 6.45) is 22.5. The number of rotatable bonds is 32. The Labute approximate surface area is 287 Å². The number of hydrogen-bond donors (Lipinski definition) is 6. The minimum absolute atomic E-state index is 0.133. The lowest BCUT2D eigenvalue weighted by Crippen LogP contribution is -2.60. The first-order valence-electron chi connectivity index (χ1n) is 19.7. The zero-order valence-corrected chi connectivity index (χ0v) is 30.3. The molecule has 0 aromatic heterocycles. The van der Waals surface area contributed by atoms with Crippen LogP contribution in [-0.4, -0.2) is 87.5 Å². The predicted octanol–water partition coefficient (Wildman–Crippen LogP) is 6.83. The molecule has 0 saturated carbocycles. The second-order valence-electron chi connectivity index (χ2n) is 14.1. The number of unbranched alkanes of at least 4 members (excludes halogenated alkanes) is 22. The highest BCUT2D eigenvalue weighted by Crippen LogP contribution is 2.23. The first kappa shape index (κ1) is 44.2. The first-order valence-corrected chi connectivity index (χ1v) is 19.7. The fourth-order valence-electron chi connectivity index (χ4n) is 6.45. The van der Waals surface area contributed by atoms with E-state index in [0.29, 0.717) is 12.8 Å². The van der Waals surface area contributed by atoms with Crippen LogP contribution in [0.5, 0.6) is 0 Å². The van der Waals surface area contributed by atoms with Crippen molar-refractivity contribution < 1.29 is 39.8 Å². The van der Waals surface area contributed by atoms with Gasteiger partial charge in [0.1, 0.15) is 24.4 Å². The maximum atomic E-state index is 12.8. The molecule has 0 bridgehead atoms. The maximum absolute atomic E-state index is 12.8. The fourth-order valence-corrected chi connectivity index (χ4v) is 6.45. The van der Waals surface area contributed by atoms with E-state index >= 15 is 0 Å². The van der Waals surface area contributed by atoms with Crippen LogP contribution < -0.4 is 5.32 Å². The smallest absolute Gasteiger partial charge is 0.220 e. The Bertz CT molecular complexity index is 711. The average Bonchev–Trinajstić information content (AvgIpc) is 3.07. The molecule has 2 unspecified atom stereocenters. The lowest BCUT2D eigenvalue weighted by Gasteiger charge is -2.40. The molecule has 1 fully saturated rings. The second-order valence-corrected chi connectivity index (χ2v) is 14.1. The Morgan fingerprint density at radius 1 is 0.638 bits per heavy atom. The molecule has 9 nitrogen and oxygen atoms in total. The number of amides is 1. The average molecular weight is 674 g/mol. The van der Waals surface area contributed by atoms with Crippen molar-refractivity contribution in [2.75, 3.05) is 13.2 Å². The van der Waals surface area contributed by atoms with Crippen LogP contribution >= 0.6 is 0 Å². The van der Waals surface area contributed by atoms with Crippen LogP contribution in [0.25, 0.3) is 0 Å². The molecule has 0 spiro atoms. The van der Waals surface area contributed by atoms with Gasteiger partial charge in [0.15, 0.2) is 6.29 Å². The van der Waals surface area contributed by atoms with Crippen LogP contribution in [0.1, 0.15) is 181 Å². The van der Waals surface area contributed by atoms with Crippen LogP contribution in [0.2, 0.25) is 0 Å². The van der Waals surface area contributed by atoms with Crippen molar-refractivity contribution in [3.63, 3.8) is 0 Å². The SMILES string of the molecule is CCCCCCCCCCCCCCCCC[C@@H](O)[C@H](CO[C@@H]1O[C@H](CO)[C@H](O)C(O)C1O)NC(=O)CCCCCCCCCCC. The summed E-state index contributed by atoms with van der Waals surface area (Å²) in [4.78, 5) is 12.8. The van der Waals surface area contributed by atoms with Gasteiger partial charge >= 0.3 is 0 Å². The number of carbonyl (C=O) groups is 1. The monoisotopic (exact) mass is 674 g/mol. The molecule has 47 heavy (non-hydrogen) atoms. The summed E-state index contributed by atoms with van der Waals surface area (Å²) < 4.78 is 11.2. The summed E-state index contributed by atoms with van der Waals surface area (Å²) in [5, 5.41) is 54.0. The van der Waals surface area contributed by atoms with Gasteiger partial charge in [-0.25, -0.2) is 0 Å². The van der Waals surface area contributed by atoms with E-state index in [9.17, 15) is 30.3 Å². The Balaban J connectivity index is 2.39. The van der Waals surface area contributed by atoms with Crippen molar-refractivity contribution in [1.82, 2.24) is 5.32 Å². The number of carbonyl (C=O) groups excluding carboxylic acids is 1. The molecule has 0 aliphatic carbocycles. The largest absolute Gasteiger partial charge is 0.394 e. The lowest BCUT2D eigenvalue weighted by atomic mass is 9.99. The van der Waals surface area contributed by atoms with Crippen molar-refractivity contribution in [1.29, 1.82) is 0 Å². The third-order valence-corrected chi connectivity index (χ3v) is 9.71. The topological polar surface area (TPSA) is 149 Å². The van der Waals surface area contributed by atoms with Gasteiger partial charge in [-0.1, -0.05) is 162 Å². The van der Waals surface area contributed by atoms with Crippen LogP contribution in [0.4, 0.5) is 0 Å².